The monoisotopic (exact) mass is 402 g/mol. The van der Waals surface area contributed by atoms with E-state index in [0.29, 0.717) is 35.8 Å². The number of rotatable bonds is 7. The van der Waals surface area contributed by atoms with Crippen molar-refractivity contribution in [2.45, 2.75) is 77.0 Å². The van der Waals surface area contributed by atoms with Crippen LogP contribution in [0, 0.1) is 11.8 Å². The largest absolute Gasteiger partial charge is 0.294 e. The van der Waals surface area contributed by atoms with Crippen LogP contribution in [0.5, 0.6) is 0 Å². The first kappa shape index (κ1) is 21.0. The molecule has 2 heteroatoms. The first-order valence-electron chi connectivity index (χ1n) is 12.0. The number of carbonyl (C=O) groups is 2. The third-order valence-electron chi connectivity index (χ3n) is 7.08. The van der Waals surface area contributed by atoms with Gasteiger partial charge in [0.05, 0.1) is 0 Å². The quantitative estimate of drug-likeness (QED) is 0.445. The van der Waals surface area contributed by atoms with Crippen molar-refractivity contribution in [1.82, 2.24) is 0 Å². The summed E-state index contributed by atoms with van der Waals surface area (Å²) in [6.45, 7) is 0. The van der Waals surface area contributed by atoms with Gasteiger partial charge in [0.15, 0.2) is 11.6 Å². The standard InChI is InChI=1S/C28H34O2/c29-27(16-21-10-4-1-5-11-21)25-18-24(23-14-8-3-9-15-23)19-26(20-25)28(30)17-22-12-6-2-7-13-22/h3,8-9,14-15,18-22H,1-2,4-7,10-13,16-17H2. The maximum absolute atomic E-state index is 13.1. The lowest BCUT2D eigenvalue weighted by Crippen LogP contribution is -2.14. The molecule has 2 aliphatic carbocycles. The molecule has 0 amide bonds. The van der Waals surface area contributed by atoms with E-state index in [0.717, 1.165) is 36.8 Å². The van der Waals surface area contributed by atoms with E-state index in [1.165, 1.54) is 38.5 Å². The first-order valence-corrected chi connectivity index (χ1v) is 12.0. The zero-order chi connectivity index (χ0) is 20.8. The minimum atomic E-state index is 0.200. The van der Waals surface area contributed by atoms with Crippen LogP contribution in [-0.4, -0.2) is 11.6 Å². The van der Waals surface area contributed by atoms with Gasteiger partial charge in [0.1, 0.15) is 0 Å². The molecule has 158 valence electrons. The van der Waals surface area contributed by atoms with E-state index in [1.54, 1.807) is 0 Å². The fourth-order valence-electron chi connectivity index (χ4n) is 5.29. The van der Waals surface area contributed by atoms with E-state index in [1.807, 2.05) is 36.4 Å². The highest BCUT2D eigenvalue weighted by Crippen LogP contribution is 2.31. The Balaban J connectivity index is 1.59. The summed E-state index contributed by atoms with van der Waals surface area (Å²) in [6.07, 6.45) is 13.5. The third-order valence-corrected chi connectivity index (χ3v) is 7.08. The Morgan fingerprint density at radius 3 is 1.53 bits per heavy atom. The average molecular weight is 403 g/mol. The summed E-state index contributed by atoms with van der Waals surface area (Å²) in [4.78, 5) is 26.3. The van der Waals surface area contributed by atoms with Crippen LogP contribution in [0.25, 0.3) is 11.1 Å². The van der Waals surface area contributed by atoms with Crippen LogP contribution in [0.4, 0.5) is 0 Å². The lowest BCUT2D eigenvalue weighted by Gasteiger charge is -2.22. The second-order valence-electron chi connectivity index (χ2n) is 9.43. The van der Waals surface area contributed by atoms with Crippen molar-refractivity contribution >= 4 is 11.6 Å². The summed E-state index contributed by atoms with van der Waals surface area (Å²) in [6, 6.07) is 16.0. The van der Waals surface area contributed by atoms with E-state index in [4.69, 9.17) is 0 Å². The van der Waals surface area contributed by atoms with Gasteiger partial charge in [-0.3, -0.25) is 9.59 Å². The first-order chi connectivity index (χ1) is 14.7. The van der Waals surface area contributed by atoms with Crippen molar-refractivity contribution in [3.8, 4) is 11.1 Å². The SMILES string of the molecule is O=C(CC1CCCCC1)c1cc(C(=O)CC2CCCCC2)cc(-c2ccccc2)c1. The normalized spacial score (nSPS) is 18.3. The number of hydrogen-bond donors (Lipinski definition) is 0. The molecular formula is C28H34O2. The van der Waals surface area contributed by atoms with Crippen LogP contribution in [-0.2, 0) is 0 Å². The molecule has 0 radical (unpaired) electrons. The molecule has 0 bridgehead atoms. The predicted octanol–water partition coefficient (Wildman–Crippen LogP) is 7.66. The van der Waals surface area contributed by atoms with Crippen molar-refractivity contribution in [3.63, 3.8) is 0 Å². The number of hydrogen-bond acceptors (Lipinski definition) is 2. The van der Waals surface area contributed by atoms with Gasteiger partial charge in [-0.1, -0.05) is 94.5 Å². The van der Waals surface area contributed by atoms with E-state index < -0.39 is 0 Å². The second kappa shape index (κ2) is 10.2. The fraction of sp³-hybridized carbons (Fsp3) is 0.500. The molecule has 2 aromatic rings. The predicted molar refractivity (Wildman–Crippen MR) is 123 cm³/mol. The Morgan fingerprint density at radius 1 is 0.600 bits per heavy atom. The van der Waals surface area contributed by atoms with E-state index in [-0.39, 0.29) is 11.6 Å². The van der Waals surface area contributed by atoms with Crippen molar-refractivity contribution < 1.29 is 9.59 Å². The minimum absolute atomic E-state index is 0.200. The van der Waals surface area contributed by atoms with Crippen molar-refractivity contribution in [2.24, 2.45) is 11.8 Å². The Labute approximate surface area is 181 Å². The third kappa shape index (κ3) is 5.47. The van der Waals surface area contributed by atoms with Gasteiger partial charge in [0.2, 0.25) is 0 Å². The second-order valence-corrected chi connectivity index (χ2v) is 9.43. The number of ketones is 2. The molecule has 0 heterocycles. The molecule has 0 spiro atoms. The molecule has 0 unspecified atom stereocenters. The maximum Gasteiger partial charge on any atom is 0.163 e. The Morgan fingerprint density at radius 2 is 1.07 bits per heavy atom. The topological polar surface area (TPSA) is 34.1 Å². The lowest BCUT2D eigenvalue weighted by molar-refractivity contribution is 0.0949. The number of benzene rings is 2. The van der Waals surface area contributed by atoms with Gasteiger partial charge < -0.3 is 0 Å². The van der Waals surface area contributed by atoms with Gasteiger partial charge in [-0.15, -0.1) is 0 Å². The summed E-state index contributed by atoms with van der Waals surface area (Å²) in [5.74, 6) is 1.42. The zero-order valence-electron chi connectivity index (χ0n) is 18.1. The van der Waals surface area contributed by atoms with Crippen LogP contribution in [0.1, 0.15) is 97.8 Å². The molecule has 2 nitrogen and oxygen atoms in total. The molecule has 30 heavy (non-hydrogen) atoms. The highest BCUT2D eigenvalue weighted by Gasteiger charge is 2.22. The molecule has 0 aromatic heterocycles. The van der Waals surface area contributed by atoms with Gasteiger partial charge >= 0.3 is 0 Å². The van der Waals surface area contributed by atoms with Gasteiger partial charge in [0, 0.05) is 24.0 Å². The molecule has 0 atom stereocenters. The molecular weight excluding hydrogens is 368 g/mol. The van der Waals surface area contributed by atoms with Crippen molar-refractivity contribution in [1.29, 1.82) is 0 Å². The van der Waals surface area contributed by atoms with Gasteiger partial charge in [-0.25, -0.2) is 0 Å². The van der Waals surface area contributed by atoms with E-state index in [2.05, 4.69) is 12.1 Å². The number of Topliss-reactive ketones (excluding diaryl/α,β-unsaturated/α-hetero) is 2. The molecule has 0 aliphatic heterocycles. The molecule has 0 N–H and O–H groups in total. The zero-order valence-corrected chi connectivity index (χ0v) is 18.1. The Hall–Kier alpha value is -2.22. The Bertz CT molecular complexity index is 805. The van der Waals surface area contributed by atoms with Gasteiger partial charge in [0.25, 0.3) is 0 Å². The fourth-order valence-corrected chi connectivity index (χ4v) is 5.29. The molecule has 4 rings (SSSR count). The summed E-state index contributed by atoms with van der Waals surface area (Å²) >= 11 is 0. The summed E-state index contributed by atoms with van der Waals surface area (Å²) in [5.41, 5.74) is 3.48. The Kier molecular flexibility index (Phi) is 7.15. The molecule has 2 saturated carbocycles. The van der Waals surface area contributed by atoms with E-state index in [9.17, 15) is 9.59 Å². The minimum Gasteiger partial charge on any atom is -0.294 e. The van der Waals surface area contributed by atoms with Crippen LogP contribution in [0.15, 0.2) is 48.5 Å². The lowest BCUT2D eigenvalue weighted by atomic mass is 9.83. The summed E-state index contributed by atoms with van der Waals surface area (Å²) < 4.78 is 0. The van der Waals surface area contributed by atoms with Crippen LogP contribution in [0.2, 0.25) is 0 Å². The van der Waals surface area contributed by atoms with Gasteiger partial charge in [-0.05, 0) is 41.2 Å². The van der Waals surface area contributed by atoms with E-state index >= 15 is 0 Å². The smallest absolute Gasteiger partial charge is 0.163 e. The highest BCUT2D eigenvalue weighted by atomic mass is 16.1. The van der Waals surface area contributed by atoms with Crippen LogP contribution >= 0.6 is 0 Å². The van der Waals surface area contributed by atoms with Crippen molar-refractivity contribution in [3.05, 3.63) is 59.7 Å². The van der Waals surface area contributed by atoms with Crippen molar-refractivity contribution in [2.75, 3.05) is 0 Å². The van der Waals surface area contributed by atoms with Gasteiger partial charge in [-0.2, -0.15) is 0 Å². The summed E-state index contributed by atoms with van der Waals surface area (Å²) in [5, 5.41) is 0. The molecule has 2 fully saturated rings. The highest BCUT2D eigenvalue weighted by molar-refractivity contribution is 6.03. The molecule has 0 saturated heterocycles. The molecule has 2 aliphatic rings. The summed E-state index contributed by atoms with van der Waals surface area (Å²) in [7, 11) is 0. The average Bonchev–Trinajstić information content (AvgIpc) is 2.80. The van der Waals surface area contributed by atoms with Crippen LogP contribution in [0.3, 0.4) is 0 Å². The van der Waals surface area contributed by atoms with Crippen LogP contribution < -0.4 is 0 Å². The maximum atomic E-state index is 13.1. The molecule has 2 aromatic carbocycles. The number of carbonyl (C=O) groups excluding carboxylic acids is 2.